The summed E-state index contributed by atoms with van der Waals surface area (Å²) in [6, 6.07) is 11.9. The fourth-order valence-electron chi connectivity index (χ4n) is 3.63. The molecule has 0 spiro atoms. The van der Waals surface area contributed by atoms with Gasteiger partial charge in [-0.05, 0) is 6.92 Å². The van der Waals surface area contributed by atoms with Crippen LogP contribution in [0.15, 0.2) is 61.4 Å². The number of carbonyl (C=O) groups is 1. The minimum Gasteiger partial charge on any atom is -0.353 e. The lowest BCUT2D eigenvalue weighted by Gasteiger charge is -2.35. The summed E-state index contributed by atoms with van der Waals surface area (Å²) in [5.74, 6) is 1.68. The summed E-state index contributed by atoms with van der Waals surface area (Å²) in [4.78, 5) is 35.4. The van der Waals surface area contributed by atoms with E-state index in [1.807, 2.05) is 59.0 Å². The molecular formula is C22H21N7OS. The van der Waals surface area contributed by atoms with Gasteiger partial charge in [0.2, 0.25) is 0 Å². The van der Waals surface area contributed by atoms with E-state index >= 15 is 0 Å². The van der Waals surface area contributed by atoms with Crippen LogP contribution < -0.4 is 4.90 Å². The van der Waals surface area contributed by atoms with Gasteiger partial charge in [-0.1, -0.05) is 30.3 Å². The van der Waals surface area contributed by atoms with Gasteiger partial charge in [0.25, 0.3) is 5.91 Å². The zero-order chi connectivity index (χ0) is 21.2. The van der Waals surface area contributed by atoms with Crippen molar-refractivity contribution < 1.29 is 4.79 Å². The normalized spacial score (nSPS) is 14.1. The van der Waals surface area contributed by atoms with Gasteiger partial charge in [0.15, 0.2) is 0 Å². The predicted molar refractivity (Wildman–Crippen MR) is 120 cm³/mol. The van der Waals surface area contributed by atoms with Crippen LogP contribution in [0.1, 0.15) is 15.4 Å². The highest BCUT2D eigenvalue weighted by atomic mass is 32.1. The van der Waals surface area contributed by atoms with Crippen molar-refractivity contribution in [3.05, 3.63) is 72.0 Å². The van der Waals surface area contributed by atoms with Crippen molar-refractivity contribution in [1.82, 2.24) is 29.4 Å². The molecule has 0 unspecified atom stereocenters. The Morgan fingerprint density at radius 3 is 2.55 bits per heavy atom. The van der Waals surface area contributed by atoms with Crippen molar-refractivity contribution in [2.24, 2.45) is 0 Å². The van der Waals surface area contributed by atoms with Gasteiger partial charge in [-0.25, -0.2) is 19.9 Å². The molecule has 1 saturated heterocycles. The third kappa shape index (κ3) is 3.91. The Balaban J connectivity index is 1.28. The number of hydrogen-bond donors (Lipinski definition) is 0. The quantitative estimate of drug-likeness (QED) is 0.494. The number of amides is 1. The highest BCUT2D eigenvalue weighted by molar-refractivity contribution is 7.17. The van der Waals surface area contributed by atoms with Gasteiger partial charge in [0, 0.05) is 50.2 Å². The summed E-state index contributed by atoms with van der Waals surface area (Å²) in [6.45, 7) is 4.62. The molecule has 8 nitrogen and oxygen atoms in total. The number of nitrogens with zero attached hydrogens (tertiary/aromatic N) is 7. The number of aromatic nitrogens is 5. The van der Waals surface area contributed by atoms with Crippen molar-refractivity contribution >= 4 is 23.1 Å². The van der Waals surface area contributed by atoms with Crippen LogP contribution in [-0.2, 0) is 0 Å². The third-order valence-electron chi connectivity index (χ3n) is 5.31. The monoisotopic (exact) mass is 431 g/mol. The van der Waals surface area contributed by atoms with Crippen LogP contribution >= 0.6 is 11.3 Å². The van der Waals surface area contributed by atoms with Crippen LogP contribution in [0.5, 0.6) is 0 Å². The summed E-state index contributed by atoms with van der Waals surface area (Å²) in [5, 5.41) is 0.883. The molecule has 31 heavy (non-hydrogen) atoms. The maximum Gasteiger partial charge on any atom is 0.265 e. The first kappa shape index (κ1) is 19.4. The van der Waals surface area contributed by atoms with Crippen molar-refractivity contribution in [3.8, 4) is 16.4 Å². The maximum absolute atomic E-state index is 13.2. The lowest BCUT2D eigenvalue weighted by molar-refractivity contribution is 0.0750. The number of imidazole rings is 1. The number of rotatable bonds is 4. The molecule has 1 aliphatic rings. The van der Waals surface area contributed by atoms with Gasteiger partial charge in [-0.3, -0.25) is 9.36 Å². The highest BCUT2D eigenvalue weighted by Crippen LogP contribution is 2.29. The Morgan fingerprint density at radius 2 is 1.81 bits per heavy atom. The summed E-state index contributed by atoms with van der Waals surface area (Å²) in [6.07, 6.45) is 6.85. The molecule has 0 bridgehead atoms. The van der Waals surface area contributed by atoms with E-state index in [-0.39, 0.29) is 5.91 Å². The topological polar surface area (TPSA) is 80.0 Å². The first-order chi connectivity index (χ1) is 15.2. The van der Waals surface area contributed by atoms with E-state index in [1.54, 1.807) is 18.9 Å². The molecule has 0 saturated carbocycles. The van der Waals surface area contributed by atoms with E-state index in [0.717, 1.165) is 45.9 Å². The largest absolute Gasteiger partial charge is 0.353 e. The molecule has 5 rings (SSSR count). The zero-order valence-corrected chi connectivity index (χ0v) is 17.9. The number of thiazole rings is 1. The van der Waals surface area contributed by atoms with Crippen LogP contribution in [0.3, 0.4) is 0 Å². The lowest BCUT2D eigenvalue weighted by atomic mass is 10.2. The Labute approximate surface area is 183 Å². The smallest absolute Gasteiger partial charge is 0.265 e. The Bertz CT molecular complexity index is 1180. The summed E-state index contributed by atoms with van der Waals surface area (Å²) < 4.78 is 1.85. The molecule has 0 atom stereocenters. The fraction of sp³-hybridized carbons (Fsp3) is 0.227. The van der Waals surface area contributed by atoms with Gasteiger partial charge in [0.05, 0.1) is 5.69 Å². The SMILES string of the molecule is Cc1nc(-c2ccccc2)sc1C(=O)N1CCN(c2cc(-n3ccnc3)ncn2)CC1. The van der Waals surface area contributed by atoms with Crippen molar-refractivity contribution in [1.29, 1.82) is 0 Å². The molecule has 4 aromatic rings. The number of anilines is 1. The molecule has 4 heterocycles. The first-order valence-electron chi connectivity index (χ1n) is 10.1. The molecule has 3 aromatic heterocycles. The average molecular weight is 432 g/mol. The minimum atomic E-state index is 0.0543. The highest BCUT2D eigenvalue weighted by Gasteiger charge is 2.26. The molecule has 1 amide bonds. The molecule has 1 aromatic carbocycles. The Morgan fingerprint density at radius 1 is 1.03 bits per heavy atom. The van der Waals surface area contributed by atoms with Crippen LogP contribution in [0.2, 0.25) is 0 Å². The second-order valence-corrected chi connectivity index (χ2v) is 8.28. The number of carbonyl (C=O) groups excluding carboxylic acids is 1. The Hall–Kier alpha value is -3.59. The number of aryl methyl sites for hydroxylation is 1. The molecule has 1 aliphatic heterocycles. The zero-order valence-electron chi connectivity index (χ0n) is 17.0. The standard InChI is InChI=1S/C22H21N7OS/c1-16-20(31-21(26-16)17-5-3-2-4-6-17)22(30)28-11-9-27(10-12-28)18-13-19(25-14-24-18)29-8-7-23-15-29/h2-8,13-15H,9-12H2,1H3. The molecule has 156 valence electrons. The van der Waals surface area contributed by atoms with Gasteiger partial charge in [0.1, 0.15) is 34.2 Å². The van der Waals surface area contributed by atoms with E-state index in [4.69, 9.17) is 0 Å². The van der Waals surface area contributed by atoms with Crippen LogP contribution in [0.25, 0.3) is 16.4 Å². The Kier molecular flexibility index (Phi) is 5.17. The van der Waals surface area contributed by atoms with E-state index in [2.05, 4.69) is 24.8 Å². The second-order valence-electron chi connectivity index (χ2n) is 7.28. The predicted octanol–water partition coefficient (Wildman–Crippen LogP) is 3.06. The average Bonchev–Trinajstić information content (AvgIpc) is 3.50. The van der Waals surface area contributed by atoms with Gasteiger partial charge >= 0.3 is 0 Å². The first-order valence-corrected chi connectivity index (χ1v) is 10.9. The summed E-state index contributed by atoms with van der Waals surface area (Å²) in [5.41, 5.74) is 1.83. The van der Waals surface area contributed by atoms with E-state index < -0.39 is 0 Å². The van der Waals surface area contributed by atoms with E-state index in [9.17, 15) is 4.79 Å². The summed E-state index contributed by atoms with van der Waals surface area (Å²) in [7, 11) is 0. The van der Waals surface area contributed by atoms with Crippen molar-refractivity contribution in [2.45, 2.75) is 6.92 Å². The van der Waals surface area contributed by atoms with Crippen LogP contribution in [-0.4, -0.2) is 61.5 Å². The maximum atomic E-state index is 13.2. The third-order valence-corrected chi connectivity index (χ3v) is 6.50. The van der Waals surface area contributed by atoms with E-state index in [1.165, 1.54) is 11.3 Å². The van der Waals surface area contributed by atoms with Crippen molar-refractivity contribution in [2.75, 3.05) is 31.1 Å². The van der Waals surface area contributed by atoms with Crippen LogP contribution in [0, 0.1) is 6.92 Å². The number of hydrogen-bond acceptors (Lipinski definition) is 7. The minimum absolute atomic E-state index is 0.0543. The lowest BCUT2D eigenvalue weighted by Crippen LogP contribution is -2.49. The molecule has 1 fully saturated rings. The molecule has 9 heteroatoms. The van der Waals surface area contributed by atoms with Gasteiger partial charge in [-0.15, -0.1) is 11.3 Å². The second kappa shape index (κ2) is 8.27. The van der Waals surface area contributed by atoms with Gasteiger partial charge in [-0.2, -0.15) is 0 Å². The molecule has 0 N–H and O–H groups in total. The molecule has 0 radical (unpaired) electrons. The van der Waals surface area contributed by atoms with Gasteiger partial charge < -0.3 is 9.80 Å². The fourth-order valence-corrected chi connectivity index (χ4v) is 4.67. The van der Waals surface area contributed by atoms with E-state index in [0.29, 0.717) is 13.1 Å². The molecular weight excluding hydrogens is 410 g/mol. The molecule has 0 aliphatic carbocycles. The van der Waals surface area contributed by atoms with Crippen molar-refractivity contribution in [3.63, 3.8) is 0 Å². The summed E-state index contributed by atoms with van der Waals surface area (Å²) >= 11 is 1.47. The van der Waals surface area contributed by atoms with Crippen LogP contribution in [0.4, 0.5) is 5.82 Å². The number of benzene rings is 1. The number of piperazine rings is 1.